The number of aromatic nitrogens is 4. The smallest absolute Gasteiger partial charge is 0.226 e. The maximum absolute atomic E-state index is 14.7. The molecule has 36 heavy (non-hydrogen) atoms. The lowest BCUT2D eigenvalue weighted by atomic mass is 9.98. The van der Waals surface area contributed by atoms with Crippen LogP contribution in [0.15, 0.2) is 60.8 Å². The summed E-state index contributed by atoms with van der Waals surface area (Å²) in [6.07, 6.45) is 3.61. The number of halogens is 1. The summed E-state index contributed by atoms with van der Waals surface area (Å²) in [4.78, 5) is 11.9. The van der Waals surface area contributed by atoms with Crippen LogP contribution in [0.25, 0.3) is 44.2 Å². The van der Waals surface area contributed by atoms with Gasteiger partial charge in [-0.25, -0.2) is 14.4 Å². The van der Waals surface area contributed by atoms with Crippen molar-refractivity contribution in [3.8, 4) is 28.5 Å². The Morgan fingerprint density at radius 3 is 2.58 bits per heavy atom. The van der Waals surface area contributed by atoms with Crippen LogP contribution < -0.4 is 10.6 Å². The molecule has 8 heteroatoms. The molecule has 0 bridgehead atoms. The summed E-state index contributed by atoms with van der Waals surface area (Å²) < 4.78 is 16.5. The second kappa shape index (κ2) is 8.70. The molecule has 7 nitrogen and oxygen atoms in total. The van der Waals surface area contributed by atoms with Crippen LogP contribution in [0.5, 0.6) is 0 Å². The number of aryl methyl sites for hydroxylation is 1. The number of nitrogens with two attached hydrogens (primary N) is 1. The van der Waals surface area contributed by atoms with Gasteiger partial charge in [0, 0.05) is 42.5 Å². The summed E-state index contributed by atoms with van der Waals surface area (Å²) in [5.74, 6) is 0.0415. The minimum atomic E-state index is -0.566. The Morgan fingerprint density at radius 1 is 1.00 bits per heavy atom. The largest absolute Gasteiger partial charge is 0.341 e. The van der Waals surface area contributed by atoms with Crippen LogP contribution in [0.4, 0.5) is 10.3 Å². The molecule has 1 saturated heterocycles. The maximum atomic E-state index is 14.7. The molecule has 0 amide bonds. The molecule has 0 radical (unpaired) electrons. The van der Waals surface area contributed by atoms with E-state index in [0.29, 0.717) is 17.2 Å². The second-order valence-electron chi connectivity index (χ2n) is 9.24. The first-order valence-corrected chi connectivity index (χ1v) is 12.0. The summed E-state index contributed by atoms with van der Waals surface area (Å²) in [7, 11) is 1.92. The molecular weight excluding hydrogens is 453 g/mol. The van der Waals surface area contributed by atoms with E-state index in [1.165, 1.54) is 12.1 Å². The van der Waals surface area contributed by atoms with Gasteiger partial charge in [0.25, 0.3) is 0 Å². The van der Waals surface area contributed by atoms with Gasteiger partial charge < -0.3 is 10.6 Å². The third kappa shape index (κ3) is 3.74. The Kier molecular flexibility index (Phi) is 5.35. The van der Waals surface area contributed by atoms with E-state index in [4.69, 9.17) is 15.7 Å². The molecule has 1 fully saturated rings. The van der Waals surface area contributed by atoms with Crippen molar-refractivity contribution in [3.05, 3.63) is 72.2 Å². The molecule has 1 aliphatic heterocycles. The van der Waals surface area contributed by atoms with Crippen molar-refractivity contribution >= 4 is 27.8 Å². The van der Waals surface area contributed by atoms with E-state index in [2.05, 4.69) is 28.2 Å². The first-order valence-electron chi connectivity index (χ1n) is 12.0. The third-order valence-corrected chi connectivity index (χ3v) is 6.97. The number of hydrogen-bond acceptors (Lipinski definition) is 6. The van der Waals surface area contributed by atoms with Gasteiger partial charge in [0.2, 0.25) is 5.95 Å². The molecular formula is C28H24FN7. The molecule has 2 aromatic heterocycles. The highest BCUT2D eigenvalue weighted by molar-refractivity contribution is 6.00. The van der Waals surface area contributed by atoms with Crippen LogP contribution in [0.2, 0.25) is 0 Å². The Morgan fingerprint density at radius 2 is 1.81 bits per heavy atom. The van der Waals surface area contributed by atoms with Gasteiger partial charge in [0.1, 0.15) is 11.9 Å². The highest BCUT2D eigenvalue weighted by atomic mass is 19.1. The lowest BCUT2D eigenvalue weighted by Gasteiger charge is -2.30. The molecule has 0 aliphatic carbocycles. The number of fused-ring (bicyclic) bond motifs is 2. The first-order chi connectivity index (χ1) is 17.5. The van der Waals surface area contributed by atoms with E-state index in [-0.39, 0.29) is 11.6 Å². The molecule has 1 aliphatic rings. The van der Waals surface area contributed by atoms with E-state index in [9.17, 15) is 9.65 Å². The topological polar surface area (TPSA) is 96.7 Å². The van der Waals surface area contributed by atoms with Gasteiger partial charge in [-0.3, -0.25) is 4.68 Å². The fourth-order valence-electron chi connectivity index (χ4n) is 4.93. The van der Waals surface area contributed by atoms with Gasteiger partial charge in [-0.1, -0.05) is 24.3 Å². The van der Waals surface area contributed by atoms with E-state index in [1.807, 2.05) is 42.2 Å². The molecule has 178 valence electrons. The molecule has 0 unspecified atom stereocenters. The number of nitrogens with zero attached hydrogens (tertiary/aromatic N) is 6. The zero-order valence-electron chi connectivity index (χ0n) is 19.8. The summed E-state index contributed by atoms with van der Waals surface area (Å²) in [6, 6.07) is 18.9. The van der Waals surface area contributed by atoms with Crippen molar-refractivity contribution in [2.45, 2.75) is 18.9 Å². The van der Waals surface area contributed by atoms with Gasteiger partial charge in [-0.15, -0.1) is 0 Å². The summed E-state index contributed by atoms with van der Waals surface area (Å²) in [6.45, 7) is 1.55. The zero-order chi connectivity index (χ0) is 24.8. The third-order valence-electron chi connectivity index (χ3n) is 6.97. The predicted molar refractivity (Wildman–Crippen MR) is 139 cm³/mol. The lowest BCUT2D eigenvalue weighted by molar-refractivity contribution is 0.496. The molecule has 6 rings (SSSR count). The maximum Gasteiger partial charge on any atom is 0.226 e. The number of rotatable bonds is 3. The van der Waals surface area contributed by atoms with Crippen molar-refractivity contribution < 1.29 is 4.39 Å². The van der Waals surface area contributed by atoms with E-state index in [0.717, 1.165) is 58.9 Å². The van der Waals surface area contributed by atoms with Crippen LogP contribution in [-0.4, -0.2) is 38.9 Å². The van der Waals surface area contributed by atoms with Gasteiger partial charge in [-0.2, -0.15) is 10.4 Å². The van der Waals surface area contributed by atoms with Gasteiger partial charge >= 0.3 is 0 Å². The van der Waals surface area contributed by atoms with Crippen LogP contribution in [-0.2, 0) is 7.05 Å². The fourth-order valence-corrected chi connectivity index (χ4v) is 4.93. The Labute approximate surface area is 207 Å². The molecule has 0 spiro atoms. The first kappa shape index (κ1) is 22.1. The molecule has 5 aromatic rings. The monoisotopic (exact) mass is 477 g/mol. The molecule has 2 N–H and O–H groups in total. The van der Waals surface area contributed by atoms with Crippen LogP contribution in [0.1, 0.15) is 18.4 Å². The number of benzene rings is 3. The lowest BCUT2D eigenvalue weighted by Crippen LogP contribution is -2.40. The Balaban J connectivity index is 1.56. The highest BCUT2D eigenvalue weighted by Crippen LogP contribution is 2.35. The normalized spacial score (nSPS) is 14.4. The van der Waals surface area contributed by atoms with Crippen molar-refractivity contribution in [3.63, 3.8) is 0 Å². The summed E-state index contributed by atoms with van der Waals surface area (Å²) in [5.41, 5.74) is 11.2. The summed E-state index contributed by atoms with van der Waals surface area (Å²) in [5, 5.41) is 15.5. The van der Waals surface area contributed by atoms with Crippen molar-refractivity contribution in [2.24, 2.45) is 12.8 Å². The number of nitriles is 1. The molecule has 3 heterocycles. The van der Waals surface area contributed by atoms with Crippen molar-refractivity contribution in [1.29, 1.82) is 5.26 Å². The molecule has 0 saturated carbocycles. The van der Waals surface area contributed by atoms with Crippen molar-refractivity contribution in [2.75, 3.05) is 18.0 Å². The van der Waals surface area contributed by atoms with E-state index < -0.39 is 5.82 Å². The van der Waals surface area contributed by atoms with E-state index >= 15 is 0 Å². The second-order valence-corrected chi connectivity index (χ2v) is 9.24. The average molecular weight is 478 g/mol. The number of anilines is 1. The van der Waals surface area contributed by atoms with Crippen LogP contribution in [0.3, 0.4) is 0 Å². The number of piperidine rings is 1. The Bertz CT molecular complexity index is 1660. The van der Waals surface area contributed by atoms with Crippen LogP contribution in [0, 0.1) is 17.1 Å². The van der Waals surface area contributed by atoms with Gasteiger partial charge in [0.15, 0.2) is 0 Å². The standard InChI is InChI=1S/C28H24FN7/c1-35-26-4-2-3-21(23(26)16-32-35)17-7-8-25-22(13-17)27(18-5-6-19(15-30)24(29)14-18)34-28(33-25)36-11-9-20(31)10-12-36/h2-8,13-14,16,20H,9-12,31H2,1H3. The fraction of sp³-hybridized carbons (Fsp3) is 0.214. The summed E-state index contributed by atoms with van der Waals surface area (Å²) >= 11 is 0. The molecule has 0 atom stereocenters. The van der Waals surface area contributed by atoms with Crippen LogP contribution >= 0.6 is 0 Å². The van der Waals surface area contributed by atoms with Crippen molar-refractivity contribution in [1.82, 2.24) is 19.7 Å². The van der Waals surface area contributed by atoms with Gasteiger partial charge in [-0.05, 0) is 54.3 Å². The highest BCUT2D eigenvalue weighted by Gasteiger charge is 2.21. The minimum absolute atomic E-state index is 0.00583. The quantitative estimate of drug-likeness (QED) is 0.401. The predicted octanol–water partition coefficient (Wildman–Crippen LogP) is 4.79. The Hall–Kier alpha value is -4.35. The number of hydrogen-bond donors (Lipinski definition) is 1. The van der Waals surface area contributed by atoms with E-state index in [1.54, 1.807) is 6.07 Å². The SMILES string of the molecule is Cn1ncc2c(-c3ccc4nc(N5CCC(N)CC5)nc(-c5ccc(C#N)c(F)c5)c4c3)cccc21. The minimum Gasteiger partial charge on any atom is -0.341 e. The molecule has 3 aromatic carbocycles. The van der Waals surface area contributed by atoms with Gasteiger partial charge in [0.05, 0.1) is 28.5 Å². The average Bonchev–Trinajstić information content (AvgIpc) is 3.29. The zero-order valence-corrected chi connectivity index (χ0v) is 19.8.